The molecule has 0 aliphatic heterocycles. The summed E-state index contributed by atoms with van der Waals surface area (Å²) >= 11 is 3.34. The van der Waals surface area contributed by atoms with Crippen LogP contribution in [0.5, 0.6) is 0 Å². The van der Waals surface area contributed by atoms with Gasteiger partial charge in [0.05, 0.1) is 6.10 Å². The van der Waals surface area contributed by atoms with Crippen LogP contribution in [0, 0.1) is 5.92 Å². The summed E-state index contributed by atoms with van der Waals surface area (Å²) < 4.78 is 5.41. The average Bonchev–Trinajstić information content (AvgIpc) is 1.83. The van der Waals surface area contributed by atoms with Gasteiger partial charge in [-0.2, -0.15) is 0 Å². The third-order valence-corrected chi connectivity index (χ3v) is 1.84. The molecule has 0 amide bonds. The first kappa shape index (κ1) is 9.44. The van der Waals surface area contributed by atoms with Crippen molar-refractivity contribution in [3.63, 3.8) is 0 Å². The smallest absolute Gasteiger partial charge is 0.0643 e. The summed E-state index contributed by atoms with van der Waals surface area (Å²) in [6, 6.07) is 0. The molecular formula is C7H15BrO. The fourth-order valence-corrected chi connectivity index (χ4v) is 0.588. The molecule has 0 saturated heterocycles. The van der Waals surface area contributed by atoms with Crippen molar-refractivity contribution in [2.24, 2.45) is 5.92 Å². The van der Waals surface area contributed by atoms with Gasteiger partial charge in [0, 0.05) is 11.9 Å². The molecule has 0 saturated carbocycles. The minimum Gasteiger partial charge on any atom is -0.377 e. The fraction of sp³-hybridized carbons (Fsp3) is 1.00. The van der Waals surface area contributed by atoms with Crippen molar-refractivity contribution in [2.75, 3.05) is 11.9 Å². The minimum absolute atomic E-state index is 0.354. The highest BCUT2D eigenvalue weighted by atomic mass is 79.9. The zero-order valence-corrected chi connectivity index (χ0v) is 7.94. The maximum atomic E-state index is 5.41. The van der Waals surface area contributed by atoms with E-state index in [-0.39, 0.29) is 0 Å². The highest BCUT2D eigenvalue weighted by Gasteiger charge is 1.99. The van der Waals surface area contributed by atoms with E-state index in [0.29, 0.717) is 12.0 Å². The molecule has 0 N–H and O–H groups in total. The summed E-state index contributed by atoms with van der Waals surface area (Å²) in [5.41, 5.74) is 0. The van der Waals surface area contributed by atoms with Crippen molar-refractivity contribution in [3.8, 4) is 0 Å². The van der Waals surface area contributed by atoms with Gasteiger partial charge in [0.25, 0.3) is 0 Å². The maximum absolute atomic E-state index is 5.41. The molecule has 1 atom stereocenters. The lowest BCUT2D eigenvalue weighted by Crippen LogP contribution is -2.13. The Labute approximate surface area is 65.9 Å². The minimum atomic E-state index is 0.354. The quantitative estimate of drug-likeness (QED) is 0.626. The highest BCUT2D eigenvalue weighted by molar-refractivity contribution is 9.09. The average molecular weight is 195 g/mol. The van der Waals surface area contributed by atoms with Crippen molar-refractivity contribution in [1.29, 1.82) is 0 Å². The van der Waals surface area contributed by atoms with Crippen molar-refractivity contribution in [3.05, 3.63) is 0 Å². The predicted molar refractivity (Wildman–Crippen MR) is 44.0 cm³/mol. The van der Waals surface area contributed by atoms with Gasteiger partial charge in [0.1, 0.15) is 0 Å². The summed E-state index contributed by atoms with van der Waals surface area (Å²) in [6.07, 6.45) is 0.354. The normalized spacial score (nSPS) is 14.3. The summed E-state index contributed by atoms with van der Waals surface area (Å²) in [4.78, 5) is 0. The van der Waals surface area contributed by atoms with Gasteiger partial charge in [0.15, 0.2) is 0 Å². The monoisotopic (exact) mass is 194 g/mol. The molecule has 1 unspecified atom stereocenters. The van der Waals surface area contributed by atoms with E-state index in [9.17, 15) is 0 Å². The first-order valence-corrected chi connectivity index (χ1v) is 4.46. The molecule has 9 heavy (non-hydrogen) atoms. The number of alkyl halides is 1. The van der Waals surface area contributed by atoms with E-state index in [2.05, 4.69) is 36.7 Å². The van der Waals surface area contributed by atoms with E-state index in [1.54, 1.807) is 0 Å². The van der Waals surface area contributed by atoms with Crippen molar-refractivity contribution in [2.45, 2.75) is 26.9 Å². The Hall–Kier alpha value is 0.440. The standard InChI is InChI=1S/C7H15BrO/c1-6(2)5-9-7(3)4-8/h6-7H,4-5H2,1-3H3. The molecule has 0 rings (SSSR count). The van der Waals surface area contributed by atoms with E-state index in [1.807, 2.05) is 0 Å². The Kier molecular flexibility index (Phi) is 5.50. The van der Waals surface area contributed by atoms with Gasteiger partial charge < -0.3 is 4.74 Å². The lowest BCUT2D eigenvalue weighted by atomic mass is 10.2. The maximum Gasteiger partial charge on any atom is 0.0643 e. The third kappa shape index (κ3) is 6.32. The molecule has 0 heterocycles. The van der Waals surface area contributed by atoms with Gasteiger partial charge in [-0.3, -0.25) is 0 Å². The molecule has 56 valence electrons. The summed E-state index contributed by atoms with van der Waals surface area (Å²) in [5.74, 6) is 0.645. The van der Waals surface area contributed by atoms with Crippen LogP contribution >= 0.6 is 15.9 Å². The largest absolute Gasteiger partial charge is 0.377 e. The van der Waals surface area contributed by atoms with Crippen LogP contribution < -0.4 is 0 Å². The Bertz CT molecular complexity index is 63.9. The number of hydrogen-bond donors (Lipinski definition) is 0. The molecule has 0 aliphatic rings. The molecule has 0 spiro atoms. The Morgan fingerprint density at radius 1 is 1.33 bits per heavy atom. The molecule has 0 bridgehead atoms. The lowest BCUT2D eigenvalue weighted by molar-refractivity contribution is 0.0628. The van der Waals surface area contributed by atoms with Crippen LogP contribution in [-0.4, -0.2) is 18.0 Å². The Morgan fingerprint density at radius 3 is 2.22 bits per heavy atom. The zero-order valence-electron chi connectivity index (χ0n) is 6.36. The van der Waals surface area contributed by atoms with Crippen LogP contribution in [0.4, 0.5) is 0 Å². The summed E-state index contributed by atoms with van der Waals surface area (Å²) in [5, 5.41) is 0.930. The van der Waals surface area contributed by atoms with Crippen LogP contribution in [0.3, 0.4) is 0 Å². The second-order valence-corrected chi connectivity index (χ2v) is 3.34. The summed E-state index contributed by atoms with van der Waals surface area (Å²) in [6.45, 7) is 7.24. The second kappa shape index (κ2) is 5.24. The Morgan fingerprint density at radius 2 is 1.89 bits per heavy atom. The van der Waals surface area contributed by atoms with E-state index in [4.69, 9.17) is 4.74 Å². The van der Waals surface area contributed by atoms with Gasteiger partial charge in [-0.1, -0.05) is 29.8 Å². The van der Waals surface area contributed by atoms with E-state index >= 15 is 0 Å². The number of halogens is 1. The first-order valence-electron chi connectivity index (χ1n) is 3.34. The summed E-state index contributed by atoms with van der Waals surface area (Å²) in [7, 11) is 0. The van der Waals surface area contributed by atoms with Crippen molar-refractivity contribution in [1.82, 2.24) is 0 Å². The van der Waals surface area contributed by atoms with Crippen molar-refractivity contribution >= 4 is 15.9 Å². The van der Waals surface area contributed by atoms with E-state index < -0.39 is 0 Å². The molecule has 0 radical (unpaired) electrons. The molecule has 0 aliphatic carbocycles. The number of ether oxygens (including phenoxy) is 1. The molecular weight excluding hydrogens is 180 g/mol. The van der Waals surface area contributed by atoms with Gasteiger partial charge in [0.2, 0.25) is 0 Å². The second-order valence-electron chi connectivity index (χ2n) is 2.69. The predicted octanol–water partition coefficient (Wildman–Crippen LogP) is 2.44. The van der Waals surface area contributed by atoms with Gasteiger partial charge in [-0.25, -0.2) is 0 Å². The van der Waals surface area contributed by atoms with Gasteiger partial charge in [-0.15, -0.1) is 0 Å². The van der Waals surface area contributed by atoms with E-state index in [0.717, 1.165) is 11.9 Å². The van der Waals surface area contributed by atoms with Crippen LogP contribution in [0.1, 0.15) is 20.8 Å². The van der Waals surface area contributed by atoms with Crippen molar-refractivity contribution < 1.29 is 4.74 Å². The number of hydrogen-bond acceptors (Lipinski definition) is 1. The van der Waals surface area contributed by atoms with Gasteiger partial charge in [-0.05, 0) is 12.8 Å². The van der Waals surface area contributed by atoms with E-state index in [1.165, 1.54) is 0 Å². The molecule has 0 aromatic heterocycles. The van der Waals surface area contributed by atoms with Crippen LogP contribution in [0.2, 0.25) is 0 Å². The Balaban J connectivity index is 3.06. The molecule has 2 heteroatoms. The molecule has 0 fully saturated rings. The number of rotatable bonds is 4. The van der Waals surface area contributed by atoms with Gasteiger partial charge >= 0.3 is 0 Å². The van der Waals surface area contributed by atoms with Crippen LogP contribution in [0.15, 0.2) is 0 Å². The molecule has 0 aromatic rings. The zero-order chi connectivity index (χ0) is 7.28. The molecule has 1 nitrogen and oxygen atoms in total. The first-order chi connectivity index (χ1) is 4.16. The topological polar surface area (TPSA) is 9.23 Å². The SMILES string of the molecule is CC(C)COC(C)CBr. The van der Waals surface area contributed by atoms with Crippen LogP contribution in [-0.2, 0) is 4.74 Å². The fourth-order valence-electron chi connectivity index (χ4n) is 0.401. The van der Waals surface area contributed by atoms with Crippen LogP contribution in [0.25, 0.3) is 0 Å². The third-order valence-electron chi connectivity index (χ3n) is 0.931. The highest BCUT2D eigenvalue weighted by Crippen LogP contribution is 1.99. The lowest BCUT2D eigenvalue weighted by Gasteiger charge is -2.10. The molecule has 0 aromatic carbocycles.